The molecule has 1 atom stereocenters. The van der Waals surface area contributed by atoms with E-state index in [4.69, 9.17) is 4.74 Å². The summed E-state index contributed by atoms with van der Waals surface area (Å²) in [7, 11) is 0. The minimum atomic E-state index is -0.824. The van der Waals surface area contributed by atoms with Gasteiger partial charge in [-0.15, -0.1) is 0 Å². The number of ketones is 1. The molecule has 0 aliphatic heterocycles. The van der Waals surface area contributed by atoms with Crippen LogP contribution in [0.25, 0.3) is 0 Å². The molecule has 0 saturated carbocycles. The first-order chi connectivity index (χ1) is 13.0. The molecule has 0 aliphatic carbocycles. The van der Waals surface area contributed by atoms with Crippen LogP contribution in [0.2, 0.25) is 0 Å². The molecule has 0 fully saturated rings. The molecular weight excluding hydrogens is 345 g/mol. The lowest BCUT2D eigenvalue weighted by Crippen LogP contribution is -2.30. The summed E-state index contributed by atoms with van der Waals surface area (Å²) < 4.78 is 18.5. The fourth-order valence-electron chi connectivity index (χ4n) is 2.54. The second-order valence-corrected chi connectivity index (χ2v) is 5.94. The van der Waals surface area contributed by atoms with Gasteiger partial charge < -0.3 is 10.1 Å². The molecule has 136 valence electrons. The predicted octanol–water partition coefficient (Wildman–Crippen LogP) is 4.46. The van der Waals surface area contributed by atoms with Gasteiger partial charge in [0.25, 0.3) is 5.91 Å². The van der Waals surface area contributed by atoms with Crippen LogP contribution in [0, 0.1) is 5.82 Å². The van der Waals surface area contributed by atoms with Gasteiger partial charge in [-0.25, -0.2) is 4.39 Å². The number of hydrogen-bond donors (Lipinski definition) is 1. The largest absolute Gasteiger partial charge is 0.481 e. The first-order valence-electron chi connectivity index (χ1n) is 8.46. The molecule has 0 radical (unpaired) electrons. The Kier molecular flexibility index (Phi) is 5.61. The summed E-state index contributed by atoms with van der Waals surface area (Å²) in [6.45, 7) is 1.58. The Hall–Kier alpha value is -3.47. The van der Waals surface area contributed by atoms with Gasteiger partial charge in [0.05, 0.1) is 5.69 Å². The second kappa shape index (κ2) is 8.27. The van der Waals surface area contributed by atoms with Crippen LogP contribution in [0.3, 0.4) is 0 Å². The fourth-order valence-corrected chi connectivity index (χ4v) is 2.54. The van der Waals surface area contributed by atoms with Gasteiger partial charge in [0.1, 0.15) is 11.6 Å². The number of rotatable bonds is 6. The van der Waals surface area contributed by atoms with Gasteiger partial charge in [-0.05, 0) is 43.3 Å². The minimum absolute atomic E-state index is 0.182. The van der Waals surface area contributed by atoms with Crippen molar-refractivity contribution in [3.05, 3.63) is 95.8 Å². The van der Waals surface area contributed by atoms with Crippen molar-refractivity contribution in [2.24, 2.45) is 0 Å². The van der Waals surface area contributed by atoms with Gasteiger partial charge in [-0.2, -0.15) is 0 Å². The smallest absolute Gasteiger partial charge is 0.265 e. The maximum absolute atomic E-state index is 13.0. The van der Waals surface area contributed by atoms with Crippen molar-refractivity contribution in [1.29, 1.82) is 0 Å². The highest BCUT2D eigenvalue weighted by molar-refractivity contribution is 6.14. The highest BCUT2D eigenvalue weighted by Crippen LogP contribution is 2.20. The third kappa shape index (κ3) is 4.58. The van der Waals surface area contributed by atoms with Crippen LogP contribution in [0.1, 0.15) is 22.8 Å². The molecule has 0 bridgehead atoms. The van der Waals surface area contributed by atoms with E-state index >= 15 is 0 Å². The molecule has 0 aromatic heterocycles. The third-order valence-electron chi connectivity index (χ3n) is 3.96. The number of anilines is 1. The van der Waals surface area contributed by atoms with E-state index in [9.17, 15) is 14.0 Å². The number of ether oxygens (including phenoxy) is 1. The summed E-state index contributed by atoms with van der Waals surface area (Å²) in [5.74, 6) is -0.591. The maximum atomic E-state index is 13.0. The maximum Gasteiger partial charge on any atom is 0.265 e. The van der Waals surface area contributed by atoms with Crippen molar-refractivity contribution in [2.75, 3.05) is 5.32 Å². The lowest BCUT2D eigenvalue weighted by Gasteiger charge is -2.16. The topological polar surface area (TPSA) is 55.4 Å². The van der Waals surface area contributed by atoms with Crippen LogP contribution in [-0.2, 0) is 4.79 Å². The van der Waals surface area contributed by atoms with Crippen molar-refractivity contribution in [1.82, 2.24) is 0 Å². The number of carbonyl (C=O) groups excluding carboxylic acids is 2. The van der Waals surface area contributed by atoms with Crippen molar-refractivity contribution in [3.63, 3.8) is 0 Å². The van der Waals surface area contributed by atoms with Crippen LogP contribution >= 0.6 is 0 Å². The van der Waals surface area contributed by atoms with E-state index < -0.39 is 12.0 Å². The zero-order valence-corrected chi connectivity index (χ0v) is 14.7. The molecule has 0 saturated heterocycles. The Labute approximate surface area is 156 Å². The second-order valence-electron chi connectivity index (χ2n) is 5.94. The number of amides is 1. The molecule has 0 spiro atoms. The van der Waals surface area contributed by atoms with Gasteiger partial charge >= 0.3 is 0 Å². The van der Waals surface area contributed by atoms with Gasteiger partial charge in [-0.3, -0.25) is 9.59 Å². The van der Waals surface area contributed by atoms with Crippen LogP contribution in [0.15, 0.2) is 78.9 Å². The summed E-state index contributed by atoms with van der Waals surface area (Å²) in [6.07, 6.45) is -0.824. The Bertz CT molecular complexity index is 939. The molecule has 0 unspecified atom stereocenters. The number of nitrogens with one attached hydrogen (secondary N) is 1. The molecule has 5 heteroatoms. The van der Waals surface area contributed by atoms with Gasteiger partial charge in [0.2, 0.25) is 0 Å². The molecule has 3 aromatic carbocycles. The summed E-state index contributed by atoms with van der Waals surface area (Å²) in [5, 5.41) is 2.73. The van der Waals surface area contributed by atoms with Crippen molar-refractivity contribution in [2.45, 2.75) is 13.0 Å². The van der Waals surface area contributed by atoms with E-state index in [1.54, 1.807) is 55.5 Å². The van der Waals surface area contributed by atoms with E-state index in [1.165, 1.54) is 24.3 Å². The normalized spacial score (nSPS) is 11.5. The molecule has 3 rings (SSSR count). The number of carbonyl (C=O) groups is 2. The van der Waals surface area contributed by atoms with Gasteiger partial charge in [0, 0.05) is 11.1 Å². The molecule has 0 heterocycles. The molecular formula is C22H18FNO3. The van der Waals surface area contributed by atoms with Crippen molar-refractivity contribution < 1.29 is 18.7 Å². The number of hydrogen-bond acceptors (Lipinski definition) is 3. The first-order valence-corrected chi connectivity index (χ1v) is 8.46. The predicted molar refractivity (Wildman–Crippen MR) is 101 cm³/mol. The van der Waals surface area contributed by atoms with Crippen molar-refractivity contribution in [3.8, 4) is 5.75 Å². The molecule has 3 aromatic rings. The van der Waals surface area contributed by atoms with Crippen LogP contribution in [0.4, 0.5) is 10.1 Å². The fraction of sp³-hybridized carbons (Fsp3) is 0.0909. The number of halogens is 1. The van der Waals surface area contributed by atoms with Crippen molar-refractivity contribution >= 4 is 17.4 Å². The highest BCUT2D eigenvalue weighted by atomic mass is 19.1. The van der Waals surface area contributed by atoms with Gasteiger partial charge in [0.15, 0.2) is 11.9 Å². The summed E-state index contributed by atoms with van der Waals surface area (Å²) in [6, 6.07) is 21.1. The number of para-hydroxylation sites is 1. The molecule has 1 N–H and O–H groups in total. The Morgan fingerprint density at radius 1 is 0.889 bits per heavy atom. The van der Waals surface area contributed by atoms with E-state index in [-0.39, 0.29) is 11.6 Å². The van der Waals surface area contributed by atoms with Crippen LogP contribution in [-0.4, -0.2) is 17.8 Å². The molecule has 4 nitrogen and oxygen atoms in total. The molecule has 1 amide bonds. The Morgan fingerprint density at radius 3 is 2.22 bits per heavy atom. The number of benzene rings is 3. The zero-order valence-electron chi connectivity index (χ0n) is 14.7. The first kappa shape index (κ1) is 18.3. The standard InChI is InChI=1S/C22H18FNO3/c1-15(27-18-13-11-17(23)12-14-18)22(26)24-20-10-6-5-9-19(20)21(25)16-7-3-2-4-8-16/h2-15H,1H3,(H,24,26)/t15-/m1/s1. The third-order valence-corrected chi connectivity index (χ3v) is 3.96. The van der Waals surface area contributed by atoms with E-state index in [1.807, 2.05) is 6.07 Å². The monoisotopic (exact) mass is 363 g/mol. The zero-order chi connectivity index (χ0) is 19.2. The van der Waals surface area contributed by atoms with Crippen LogP contribution < -0.4 is 10.1 Å². The summed E-state index contributed by atoms with van der Waals surface area (Å²) in [4.78, 5) is 25.2. The lowest BCUT2D eigenvalue weighted by atomic mass is 10.0. The molecule has 27 heavy (non-hydrogen) atoms. The highest BCUT2D eigenvalue weighted by Gasteiger charge is 2.19. The Morgan fingerprint density at radius 2 is 1.52 bits per heavy atom. The quantitative estimate of drug-likeness (QED) is 0.658. The summed E-state index contributed by atoms with van der Waals surface area (Å²) >= 11 is 0. The average molecular weight is 363 g/mol. The van der Waals surface area contributed by atoms with E-state index in [0.29, 0.717) is 22.6 Å². The molecule has 0 aliphatic rings. The van der Waals surface area contributed by atoms with E-state index in [0.717, 1.165) is 0 Å². The Balaban J connectivity index is 1.74. The van der Waals surface area contributed by atoms with E-state index in [2.05, 4.69) is 5.32 Å². The SMILES string of the molecule is C[C@@H](Oc1ccc(F)cc1)C(=O)Nc1ccccc1C(=O)c1ccccc1. The lowest BCUT2D eigenvalue weighted by molar-refractivity contribution is -0.122. The van der Waals surface area contributed by atoms with Crippen LogP contribution in [0.5, 0.6) is 5.75 Å². The minimum Gasteiger partial charge on any atom is -0.481 e. The summed E-state index contributed by atoms with van der Waals surface area (Å²) in [5.41, 5.74) is 1.34. The average Bonchev–Trinajstić information content (AvgIpc) is 2.70. The van der Waals surface area contributed by atoms with Gasteiger partial charge in [-0.1, -0.05) is 42.5 Å².